The van der Waals surface area contributed by atoms with E-state index in [0.717, 1.165) is 19.1 Å². The van der Waals surface area contributed by atoms with Crippen LogP contribution in [0.1, 0.15) is 26.2 Å². The van der Waals surface area contributed by atoms with Crippen molar-refractivity contribution in [2.24, 2.45) is 11.3 Å². The smallest absolute Gasteiger partial charge is 0.0526 e. The van der Waals surface area contributed by atoms with Crippen molar-refractivity contribution < 1.29 is 4.74 Å². The Hall–Kier alpha value is -0.0800. The molecule has 12 heavy (non-hydrogen) atoms. The average molecular weight is 169 g/mol. The average Bonchev–Trinajstić information content (AvgIpc) is 2.53. The molecule has 2 nitrogen and oxygen atoms in total. The van der Waals surface area contributed by atoms with Crippen LogP contribution in [0.25, 0.3) is 0 Å². The molecule has 2 unspecified atom stereocenters. The van der Waals surface area contributed by atoms with Crippen LogP contribution in [0.4, 0.5) is 0 Å². The van der Waals surface area contributed by atoms with Gasteiger partial charge in [0.05, 0.1) is 6.61 Å². The predicted molar refractivity (Wildman–Crippen MR) is 49.1 cm³/mol. The highest BCUT2D eigenvalue weighted by Gasteiger charge is 2.55. The third-order valence-electron chi connectivity index (χ3n) is 3.31. The Bertz CT molecular complexity index is 152. The van der Waals surface area contributed by atoms with Crippen molar-refractivity contribution in [3.8, 4) is 0 Å². The lowest BCUT2D eigenvalue weighted by molar-refractivity contribution is 0.178. The molecule has 0 aromatic rings. The summed E-state index contributed by atoms with van der Waals surface area (Å²) in [6.07, 6.45) is 3.96. The number of hydrogen-bond donors (Lipinski definition) is 1. The molecule has 0 aromatic heterocycles. The summed E-state index contributed by atoms with van der Waals surface area (Å²) in [6.45, 7) is 6.65. The molecular weight excluding hydrogens is 150 g/mol. The normalized spacial score (nSPS) is 39.2. The molecule has 70 valence electrons. The summed E-state index contributed by atoms with van der Waals surface area (Å²) >= 11 is 0. The molecule has 2 aliphatic rings. The molecule has 1 N–H and O–H groups in total. The van der Waals surface area contributed by atoms with E-state index in [4.69, 9.17) is 4.74 Å². The van der Waals surface area contributed by atoms with Crippen molar-refractivity contribution in [3.63, 3.8) is 0 Å². The van der Waals surface area contributed by atoms with Gasteiger partial charge in [-0.3, -0.25) is 0 Å². The molecule has 0 amide bonds. The molecule has 1 saturated heterocycles. The summed E-state index contributed by atoms with van der Waals surface area (Å²) in [4.78, 5) is 0. The molecule has 1 saturated carbocycles. The molecule has 1 aliphatic heterocycles. The third-order valence-corrected chi connectivity index (χ3v) is 3.31. The molecule has 0 bridgehead atoms. The topological polar surface area (TPSA) is 21.3 Å². The quantitative estimate of drug-likeness (QED) is 0.642. The minimum absolute atomic E-state index is 0.626. The maximum Gasteiger partial charge on any atom is 0.0526 e. The Balaban J connectivity index is 1.66. The van der Waals surface area contributed by atoms with Gasteiger partial charge in [0.2, 0.25) is 0 Å². The van der Waals surface area contributed by atoms with Crippen LogP contribution in [0.2, 0.25) is 0 Å². The van der Waals surface area contributed by atoms with Gasteiger partial charge in [0.1, 0.15) is 0 Å². The monoisotopic (exact) mass is 169 g/mol. The lowest BCUT2D eigenvalue weighted by atomic mass is 10.0. The molecule has 1 aliphatic carbocycles. The van der Waals surface area contributed by atoms with Crippen molar-refractivity contribution >= 4 is 0 Å². The van der Waals surface area contributed by atoms with Crippen molar-refractivity contribution in [1.82, 2.24) is 5.32 Å². The fourth-order valence-corrected chi connectivity index (χ4v) is 2.28. The van der Waals surface area contributed by atoms with Crippen LogP contribution in [0.3, 0.4) is 0 Å². The maximum absolute atomic E-state index is 5.43. The molecule has 2 atom stereocenters. The van der Waals surface area contributed by atoms with Crippen molar-refractivity contribution in [2.45, 2.75) is 26.2 Å². The van der Waals surface area contributed by atoms with E-state index >= 15 is 0 Å². The van der Waals surface area contributed by atoms with E-state index in [1.54, 1.807) is 0 Å². The molecule has 0 aromatic carbocycles. The zero-order valence-electron chi connectivity index (χ0n) is 7.94. The van der Waals surface area contributed by atoms with Gasteiger partial charge in [-0.05, 0) is 38.3 Å². The number of nitrogens with one attached hydrogen (secondary N) is 1. The standard InChI is InChI=1S/C10H19NO/c1-2-4-11-7-9-6-10(9)3-5-12-8-10/h9,11H,2-8H2,1H3. The first-order valence-electron chi connectivity index (χ1n) is 5.16. The second kappa shape index (κ2) is 3.35. The van der Waals surface area contributed by atoms with Crippen LogP contribution < -0.4 is 5.32 Å². The highest BCUT2D eigenvalue weighted by Crippen LogP contribution is 2.57. The Morgan fingerprint density at radius 3 is 3.17 bits per heavy atom. The minimum atomic E-state index is 0.626. The van der Waals surface area contributed by atoms with Crippen molar-refractivity contribution in [3.05, 3.63) is 0 Å². The van der Waals surface area contributed by atoms with E-state index in [-0.39, 0.29) is 0 Å². The Kier molecular flexibility index (Phi) is 2.37. The number of hydrogen-bond acceptors (Lipinski definition) is 2. The Morgan fingerprint density at radius 2 is 2.50 bits per heavy atom. The Morgan fingerprint density at radius 1 is 1.58 bits per heavy atom. The van der Waals surface area contributed by atoms with Gasteiger partial charge in [-0.25, -0.2) is 0 Å². The maximum atomic E-state index is 5.43. The lowest BCUT2D eigenvalue weighted by Gasteiger charge is -2.06. The predicted octanol–water partition coefficient (Wildman–Crippen LogP) is 1.41. The summed E-state index contributed by atoms with van der Waals surface area (Å²) in [5.41, 5.74) is 0.626. The van der Waals surface area contributed by atoms with Crippen molar-refractivity contribution in [2.75, 3.05) is 26.3 Å². The van der Waals surface area contributed by atoms with E-state index < -0.39 is 0 Å². The summed E-state index contributed by atoms with van der Waals surface area (Å²) < 4.78 is 5.43. The summed E-state index contributed by atoms with van der Waals surface area (Å²) in [5.74, 6) is 0.923. The fraction of sp³-hybridized carbons (Fsp3) is 1.00. The van der Waals surface area contributed by atoms with Gasteiger partial charge in [0, 0.05) is 12.0 Å². The van der Waals surface area contributed by atoms with Gasteiger partial charge in [-0.15, -0.1) is 0 Å². The first-order valence-corrected chi connectivity index (χ1v) is 5.16. The largest absolute Gasteiger partial charge is 0.381 e. The minimum Gasteiger partial charge on any atom is -0.381 e. The molecule has 2 heteroatoms. The first kappa shape index (κ1) is 8.52. The van der Waals surface area contributed by atoms with E-state index in [1.807, 2.05) is 0 Å². The fourth-order valence-electron chi connectivity index (χ4n) is 2.28. The summed E-state index contributed by atoms with van der Waals surface area (Å²) in [6, 6.07) is 0. The Labute approximate surface area is 74.7 Å². The van der Waals surface area contributed by atoms with E-state index in [9.17, 15) is 0 Å². The van der Waals surface area contributed by atoms with Gasteiger partial charge in [-0.2, -0.15) is 0 Å². The molecule has 0 radical (unpaired) electrons. The van der Waals surface area contributed by atoms with Crippen LogP contribution in [0, 0.1) is 11.3 Å². The molecule has 2 fully saturated rings. The van der Waals surface area contributed by atoms with Crippen LogP contribution in [-0.2, 0) is 4.74 Å². The zero-order chi connectivity index (χ0) is 8.44. The van der Waals surface area contributed by atoms with E-state index in [1.165, 1.54) is 32.4 Å². The number of ether oxygens (including phenoxy) is 1. The zero-order valence-corrected chi connectivity index (χ0v) is 7.94. The van der Waals surface area contributed by atoms with Gasteiger partial charge in [0.15, 0.2) is 0 Å². The first-order chi connectivity index (χ1) is 5.87. The second-order valence-electron chi connectivity index (χ2n) is 4.27. The van der Waals surface area contributed by atoms with E-state index in [2.05, 4.69) is 12.2 Å². The summed E-state index contributed by atoms with van der Waals surface area (Å²) in [7, 11) is 0. The van der Waals surface area contributed by atoms with Gasteiger partial charge >= 0.3 is 0 Å². The van der Waals surface area contributed by atoms with Crippen LogP contribution in [-0.4, -0.2) is 26.3 Å². The lowest BCUT2D eigenvalue weighted by Crippen LogP contribution is -2.20. The van der Waals surface area contributed by atoms with Gasteiger partial charge in [-0.1, -0.05) is 6.92 Å². The van der Waals surface area contributed by atoms with Crippen LogP contribution >= 0.6 is 0 Å². The number of rotatable bonds is 4. The molecule has 1 spiro atoms. The highest BCUT2D eigenvalue weighted by molar-refractivity contribution is 5.04. The molecule has 1 heterocycles. The molecular formula is C10H19NO. The second-order valence-corrected chi connectivity index (χ2v) is 4.27. The summed E-state index contributed by atoms with van der Waals surface area (Å²) in [5, 5.41) is 3.49. The van der Waals surface area contributed by atoms with Crippen molar-refractivity contribution in [1.29, 1.82) is 0 Å². The third kappa shape index (κ3) is 1.50. The van der Waals surface area contributed by atoms with Crippen LogP contribution in [0.5, 0.6) is 0 Å². The SMILES string of the molecule is CCCNCC1CC12CCOC2. The highest BCUT2D eigenvalue weighted by atomic mass is 16.5. The van der Waals surface area contributed by atoms with Gasteiger partial charge < -0.3 is 10.1 Å². The molecule has 2 rings (SSSR count). The van der Waals surface area contributed by atoms with E-state index in [0.29, 0.717) is 5.41 Å². The van der Waals surface area contributed by atoms with Crippen LogP contribution in [0.15, 0.2) is 0 Å². The van der Waals surface area contributed by atoms with Gasteiger partial charge in [0.25, 0.3) is 0 Å².